The number of carbonyl (C=O) groups excluding carboxylic acids is 1. The maximum atomic E-state index is 12.2. The molecule has 0 aromatic heterocycles. The van der Waals surface area contributed by atoms with Crippen LogP contribution < -0.4 is 5.32 Å². The summed E-state index contributed by atoms with van der Waals surface area (Å²) in [4.78, 5) is 24.8. The van der Waals surface area contributed by atoms with Crippen LogP contribution >= 0.6 is 0 Å². The normalized spacial score (nSPS) is 11.5. The zero-order valence-corrected chi connectivity index (χ0v) is 13.4. The number of aryl methyl sites for hydroxylation is 2. The lowest BCUT2D eigenvalue weighted by Crippen LogP contribution is -2.48. The molecule has 5 nitrogen and oxygen atoms in total. The van der Waals surface area contributed by atoms with Gasteiger partial charge >= 0.3 is 5.97 Å². The van der Waals surface area contributed by atoms with Gasteiger partial charge in [0, 0.05) is 11.2 Å². The Kier molecular flexibility index (Phi) is 5.49. The van der Waals surface area contributed by atoms with Gasteiger partial charge in [-0.3, -0.25) is 14.5 Å². The van der Waals surface area contributed by atoms with E-state index in [0.29, 0.717) is 0 Å². The van der Waals surface area contributed by atoms with E-state index < -0.39 is 11.5 Å². The highest BCUT2D eigenvalue weighted by molar-refractivity contribution is 5.94. The third kappa shape index (κ3) is 5.19. The van der Waals surface area contributed by atoms with E-state index >= 15 is 0 Å². The van der Waals surface area contributed by atoms with Gasteiger partial charge in [-0.2, -0.15) is 0 Å². The summed E-state index contributed by atoms with van der Waals surface area (Å²) < 4.78 is 0. The van der Waals surface area contributed by atoms with Gasteiger partial charge in [0.2, 0.25) is 5.91 Å². The molecule has 5 heteroatoms. The Morgan fingerprint density at radius 1 is 1.14 bits per heavy atom. The van der Waals surface area contributed by atoms with E-state index in [-0.39, 0.29) is 19.0 Å². The molecule has 0 radical (unpaired) electrons. The second-order valence-corrected chi connectivity index (χ2v) is 6.24. The van der Waals surface area contributed by atoms with Gasteiger partial charge in [0.05, 0.1) is 13.1 Å². The van der Waals surface area contributed by atoms with E-state index in [2.05, 4.69) is 5.32 Å². The molecule has 0 unspecified atom stereocenters. The monoisotopic (exact) mass is 292 g/mol. The van der Waals surface area contributed by atoms with Crippen molar-refractivity contribution in [1.29, 1.82) is 0 Å². The molecule has 1 aromatic carbocycles. The van der Waals surface area contributed by atoms with E-state index in [4.69, 9.17) is 5.11 Å². The van der Waals surface area contributed by atoms with Gasteiger partial charge in [-0.1, -0.05) is 18.2 Å². The highest BCUT2D eigenvalue weighted by Gasteiger charge is 2.25. The molecule has 21 heavy (non-hydrogen) atoms. The first kappa shape index (κ1) is 17.2. The van der Waals surface area contributed by atoms with Crippen molar-refractivity contribution >= 4 is 17.6 Å². The van der Waals surface area contributed by atoms with E-state index in [1.807, 2.05) is 52.8 Å². The smallest absolute Gasteiger partial charge is 0.317 e. The number of aliphatic carboxylic acids is 1. The van der Waals surface area contributed by atoms with Crippen molar-refractivity contribution in [2.75, 3.05) is 18.4 Å². The standard InChI is InChI=1S/C16H24N2O3/c1-11-7-6-8-12(2)15(11)17-13(19)9-18(10-14(20)21)16(3,4)5/h6-8H,9-10H2,1-5H3,(H,17,19)(H,20,21). The minimum atomic E-state index is -0.940. The van der Waals surface area contributed by atoms with Gasteiger partial charge in [0.1, 0.15) is 0 Å². The molecule has 0 heterocycles. The fraction of sp³-hybridized carbons (Fsp3) is 0.500. The van der Waals surface area contributed by atoms with Gasteiger partial charge in [-0.15, -0.1) is 0 Å². The molecule has 0 spiro atoms. The largest absolute Gasteiger partial charge is 0.480 e. The Hall–Kier alpha value is -1.88. The zero-order valence-electron chi connectivity index (χ0n) is 13.4. The molecule has 2 N–H and O–H groups in total. The van der Waals surface area contributed by atoms with Crippen LogP contribution in [0.4, 0.5) is 5.69 Å². The van der Waals surface area contributed by atoms with Crippen LogP contribution in [0.5, 0.6) is 0 Å². The predicted octanol–water partition coefficient (Wildman–Crippen LogP) is 2.43. The summed E-state index contributed by atoms with van der Waals surface area (Å²) in [5, 5.41) is 11.8. The zero-order chi connectivity index (χ0) is 16.2. The molecule has 0 aliphatic carbocycles. The van der Waals surface area contributed by atoms with E-state index in [0.717, 1.165) is 16.8 Å². The topological polar surface area (TPSA) is 69.6 Å². The van der Waals surface area contributed by atoms with Crippen LogP contribution in [0.1, 0.15) is 31.9 Å². The molecule has 0 aliphatic rings. The van der Waals surface area contributed by atoms with Crippen molar-refractivity contribution in [3.8, 4) is 0 Å². The summed E-state index contributed by atoms with van der Waals surface area (Å²) in [5.74, 6) is -1.15. The molecular formula is C16H24N2O3. The van der Waals surface area contributed by atoms with Crippen LogP contribution in [-0.2, 0) is 9.59 Å². The second kappa shape index (κ2) is 6.72. The highest BCUT2D eigenvalue weighted by atomic mass is 16.4. The van der Waals surface area contributed by atoms with E-state index in [1.165, 1.54) is 0 Å². The Morgan fingerprint density at radius 3 is 2.10 bits per heavy atom. The van der Waals surface area contributed by atoms with Crippen molar-refractivity contribution in [3.63, 3.8) is 0 Å². The summed E-state index contributed by atoms with van der Waals surface area (Å²) in [5.41, 5.74) is 2.38. The lowest BCUT2D eigenvalue weighted by molar-refractivity contribution is -0.140. The number of anilines is 1. The summed E-state index contributed by atoms with van der Waals surface area (Å²) in [6.45, 7) is 9.42. The Labute approximate surface area is 126 Å². The number of nitrogens with one attached hydrogen (secondary N) is 1. The molecule has 1 amide bonds. The Morgan fingerprint density at radius 2 is 1.67 bits per heavy atom. The molecule has 116 valence electrons. The van der Waals surface area contributed by atoms with Crippen LogP contribution in [0.2, 0.25) is 0 Å². The molecule has 1 rings (SSSR count). The van der Waals surface area contributed by atoms with E-state index in [9.17, 15) is 9.59 Å². The number of nitrogens with zero attached hydrogens (tertiary/aromatic N) is 1. The van der Waals surface area contributed by atoms with Gasteiger partial charge in [0.25, 0.3) is 0 Å². The third-order valence-corrected chi connectivity index (χ3v) is 3.35. The summed E-state index contributed by atoms with van der Waals surface area (Å²) in [7, 11) is 0. The molecular weight excluding hydrogens is 268 g/mol. The SMILES string of the molecule is Cc1cccc(C)c1NC(=O)CN(CC(=O)O)C(C)(C)C. The second-order valence-electron chi connectivity index (χ2n) is 6.24. The number of rotatable bonds is 5. The van der Waals surface area contributed by atoms with E-state index in [1.54, 1.807) is 4.90 Å². The molecule has 0 fully saturated rings. The minimum absolute atomic E-state index is 0.0452. The van der Waals surface area contributed by atoms with Gasteiger partial charge < -0.3 is 10.4 Å². The summed E-state index contributed by atoms with van der Waals surface area (Å²) in [6, 6.07) is 5.80. The lowest BCUT2D eigenvalue weighted by Gasteiger charge is -2.33. The lowest BCUT2D eigenvalue weighted by atomic mass is 10.1. The molecule has 1 aromatic rings. The van der Waals surface area contributed by atoms with Crippen molar-refractivity contribution in [1.82, 2.24) is 4.90 Å². The van der Waals surface area contributed by atoms with Crippen LogP contribution in [0, 0.1) is 13.8 Å². The van der Waals surface area contributed by atoms with Crippen molar-refractivity contribution < 1.29 is 14.7 Å². The average molecular weight is 292 g/mol. The van der Waals surface area contributed by atoms with Gasteiger partial charge in [-0.05, 0) is 45.7 Å². The fourth-order valence-corrected chi connectivity index (χ4v) is 2.06. The highest BCUT2D eigenvalue weighted by Crippen LogP contribution is 2.20. The van der Waals surface area contributed by atoms with Crippen molar-refractivity contribution in [2.24, 2.45) is 0 Å². The number of carboxylic acids is 1. The molecule has 0 bridgehead atoms. The number of para-hydroxylation sites is 1. The molecule has 0 saturated heterocycles. The maximum absolute atomic E-state index is 12.2. The van der Waals surface area contributed by atoms with Crippen LogP contribution in [0.3, 0.4) is 0 Å². The number of hydrogen-bond donors (Lipinski definition) is 2. The summed E-state index contributed by atoms with van der Waals surface area (Å²) in [6.07, 6.45) is 0. The van der Waals surface area contributed by atoms with Crippen LogP contribution in [0.15, 0.2) is 18.2 Å². The Balaban J connectivity index is 2.81. The molecule has 0 saturated carbocycles. The van der Waals surface area contributed by atoms with Crippen LogP contribution in [0.25, 0.3) is 0 Å². The fourth-order valence-electron chi connectivity index (χ4n) is 2.06. The third-order valence-electron chi connectivity index (χ3n) is 3.35. The first-order valence-corrected chi connectivity index (χ1v) is 6.94. The average Bonchev–Trinajstić information content (AvgIpc) is 2.31. The first-order chi connectivity index (χ1) is 9.61. The minimum Gasteiger partial charge on any atom is -0.480 e. The first-order valence-electron chi connectivity index (χ1n) is 6.94. The predicted molar refractivity (Wildman–Crippen MR) is 83.5 cm³/mol. The van der Waals surface area contributed by atoms with Gasteiger partial charge in [-0.25, -0.2) is 0 Å². The van der Waals surface area contributed by atoms with Gasteiger partial charge in [0.15, 0.2) is 0 Å². The van der Waals surface area contributed by atoms with Crippen molar-refractivity contribution in [3.05, 3.63) is 29.3 Å². The number of carbonyl (C=O) groups is 2. The van der Waals surface area contributed by atoms with Crippen molar-refractivity contribution in [2.45, 2.75) is 40.2 Å². The number of hydrogen-bond acceptors (Lipinski definition) is 3. The number of benzene rings is 1. The molecule has 0 atom stereocenters. The number of amides is 1. The maximum Gasteiger partial charge on any atom is 0.317 e. The Bertz CT molecular complexity index is 513. The molecule has 0 aliphatic heterocycles. The van der Waals surface area contributed by atoms with Crippen LogP contribution in [-0.4, -0.2) is 40.5 Å². The quantitative estimate of drug-likeness (QED) is 0.874. The summed E-state index contributed by atoms with van der Waals surface area (Å²) >= 11 is 0. The number of carboxylic acid groups (broad SMARTS) is 1.